The molecule has 0 fully saturated rings. The highest BCUT2D eigenvalue weighted by atomic mass is 32.1. The molecule has 124 valence electrons. The molecule has 1 aliphatic rings. The fourth-order valence-electron chi connectivity index (χ4n) is 3.53. The van der Waals surface area contributed by atoms with Gasteiger partial charge in [-0.2, -0.15) is 0 Å². The Morgan fingerprint density at radius 1 is 1.25 bits per heavy atom. The molecule has 0 spiro atoms. The van der Waals surface area contributed by atoms with Crippen molar-refractivity contribution in [3.8, 4) is 0 Å². The van der Waals surface area contributed by atoms with E-state index in [1.165, 1.54) is 47.4 Å². The van der Waals surface area contributed by atoms with Gasteiger partial charge < -0.3 is 10.3 Å². The van der Waals surface area contributed by atoms with Crippen LogP contribution in [-0.4, -0.2) is 10.9 Å². The van der Waals surface area contributed by atoms with Gasteiger partial charge in [0.2, 0.25) is 0 Å². The molecule has 1 aliphatic carbocycles. The highest BCUT2D eigenvalue weighted by Gasteiger charge is 2.23. The number of thiophene rings is 1. The van der Waals surface area contributed by atoms with Crippen LogP contribution in [0.5, 0.6) is 0 Å². The van der Waals surface area contributed by atoms with Gasteiger partial charge in [-0.15, -0.1) is 11.3 Å². The average molecular weight is 342 g/mol. The Bertz CT molecular complexity index is 925. The molecule has 2 aromatic heterocycles. The van der Waals surface area contributed by atoms with Gasteiger partial charge in [-0.05, 0) is 56.4 Å². The molecule has 0 atom stereocenters. The lowest BCUT2D eigenvalue weighted by atomic mass is 10.1. The first-order valence-electron chi connectivity index (χ1n) is 8.33. The maximum absolute atomic E-state index is 13.3. The summed E-state index contributed by atoms with van der Waals surface area (Å²) < 4.78 is 14.5. The number of halogens is 1. The van der Waals surface area contributed by atoms with Crippen molar-refractivity contribution >= 4 is 33.1 Å². The molecule has 0 unspecified atom stereocenters. The number of benzene rings is 1. The number of hydrogen-bond acceptors (Lipinski definition) is 2. The van der Waals surface area contributed by atoms with Gasteiger partial charge in [0.05, 0.1) is 15.8 Å². The number of aromatic nitrogens is 1. The molecule has 5 heteroatoms. The number of hydrogen-bond donors (Lipinski definition) is 2. The van der Waals surface area contributed by atoms with Crippen molar-refractivity contribution < 1.29 is 9.18 Å². The smallest absolute Gasteiger partial charge is 0.258 e. The number of amides is 1. The largest absolute Gasteiger partial charge is 0.357 e. The number of carbonyl (C=O) groups excluding carboxylic acids is 1. The van der Waals surface area contributed by atoms with E-state index >= 15 is 0 Å². The summed E-state index contributed by atoms with van der Waals surface area (Å²) >= 11 is 1.69. The van der Waals surface area contributed by atoms with Crippen LogP contribution in [-0.2, 0) is 12.8 Å². The van der Waals surface area contributed by atoms with Gasteiger partial charge in [0.15, 0.2) is 0 Å². The van der Waals surface area contributed by atoms with Gasteiger partial charge in [0.25, 0.3) is 5.91 Å². The van der Waals surface area contributed by atoms with Crippen LogP contribution in [0.25, 0.3) is 10.2 Å². The number of H-pyrrole nitrogens is 1. The van der Waals surface area contributed by atoms with Crippen molar-refractivity contribution in [2.24, 2.45) is 0 Å². The lowest BCUT2D eigenvalue weighted by Gasteiger charge is -2.05. The molecule has 0 saturated carbocycles. The van der Waals surface area contributed by atoms with E-state index in [9.17, 15) is 9.18 Å². The molecule has 0 aliphatic heterocycles. The van der Waals surface area contributed by atoms with Gasteiger partial charge in [0.1, 0.15) is 5.82 Å². The molecular weight excluding hydrogens is 323 g/mol. The minimum Gasteiger partial charge on any atom is -0.357 e. The quantitative estimate of drug-likeness (QED) is 0.618. The second kappa shape index (κ2) is 6.06. The van der Waals surface area contributed by atoms with E-state index in [-0.39, 0.29) is 11.7 Å². The van der Waals surface area contributed by atoms with Crippen LogP contribution in [0.1, 0.15) is 45.8 Å². The van der Waals surface area contributed by atoms with Crippen molar-refractivity contribution in [2.45, 2.75) is 39.0 Å². The number of nitrogens with one attached hydrogen (secondary N) is 2. The Balaban J connectivity index is 1.73. The predicted octanol–water partition coefficient (Wildman–Crippen LogP) is 5.20. The molecule has 0 saturated heterocycles. The monoisotopic (exact) mass is 342 g/mol. The zero-order valence-electron chi connectivity index (χ0n) is 13.5. The number of aryl methyl sites for hydroxylation is 3. The van der Waals surface area contributed by atoms with E-state index in [0.29, 0.717) is 11.3 Å². The number of anilines is 1. The summed E-state index contributed by atoms with van der Waals surface area (Å²) in [5.74, 6) is -0.535. The maximum atomic E-state index is 13.3. The summed E-state index contributed by atoms with van der Waals surface area (Å²) in [6.07, 6.45) is 5.81. The summed E-state index contributed by atoms with van der Waals surface area (Å²) in [5, 5.41) is 2.82. The van der Waals surface area contributed by atoms with Crippen LogP contribution in [0.3, 0.4) is 0 Å². The van der Waals surface area contributed by atoms with Gasteiger partial charge >= 0.3 is 0 Å². The number of fused-ring (bicyclic) bond motifs is 3. The van der Waals surface area contributed by atoms with E-state index in [4.69, 9.17) is 0 Å². The SMILES string of the molecule is Cc1sc2c3c([nH]c2c1C(=O)Nc1cccc(F)c1)CCCCC3. The van der Waals surface area contributed by atoms with E-state index in [1.54, 1.807) is 23.5 Å². The van der Waals surface area contributed by atoms with E-state index in [0.717, 1.165) is 23.2 Å². The topological polar surface area (TPSA) is 44.9 Å². The third kappa shape index (κ3) is 2.63. The van der Waals surface area contributed by atoms with Crippen LogP contribution in [0, 0.1) is 12.7 Å². The Labute approximate surface area is 143 Å². The Hall–Kier alpha value is -2.14. The molecule has 4 rings (SSSR count). The summed E-state index contributed by atoms with van der Waals surface area (Å²) in [4.78, 5) is 17.3. The Morgan fingerprint density at radius 3 is 2.92 bits per heavy atom. The van der Waals surface area contributed by atoms with Crippen LogP contribution < -0.4 is 5.32 Å². The molecule has 3 aromatic rings. The van der Waals surface area contributed by atoms with Crippen LogP contribution in [0.15, 0.2) is 24.3 Å². The minimum atomic E-state index is -0.355. The lowest BCUT2D eigenvalue weighted by Crippen LogP contribution is -2.12. The number of carbonyl (C=O) groups is 1. The molecule has 2 N–H and O–H groups in total. The molecule has 2 heterocycles. The molecular formula is C19H19FN2OS. The third-order valence-electron chi connectivity index (χ3n) is 4.66. The van der Waals surface area contributed by atoms with Gasteiger partial charge in [-0.25, -0.2) is 4.39 Å². The summed E-state index contributed by atoms with van der Waals surface area (Å²) in [6.45, 7) is 1.97. The zero-order chi connectivity index (χ0) is 16.7. The third-order valence-corrected chi connectivity index (χ3v) is 5.83. The first-order valence-corrected chi connectivity index (χ1v) is 9.15. The van der Waals surface area contributed by atoms with Crippen molar-refractivity contribution in [1.82, 2.24) is 4.98 Å². The fourth-order valence-corrected chi connectivity index (χ4v) is 4.74. The highest BCUT2D eigenvalue weighted by molar-refractivity contribution is 7.19. The molecule has 0 bridgehead atoms. The minimum absolute atomic E-state index is 0.180. The Kier molecular flexibility index (Phi) is 3.88. The van der Waals surface area contributed by atoms with Crippen molar-refractivity contribution in [3.05, 3.63) is 51.8 Å². The lowest BCUT2D eigenvalue weighted by molar-refractivity contribution is 0.102. The zero-order valence-corrected chi connectivity index (χ0v) is 14.4. The summed E-state index contributed by atoms with van der Waals surface area (Å²) in [6, 6.07) is 5.99. The van der Waals surface area contributed by atoms with Crippen molar-refractivity contribution in [2.75, 3.05) is 5.32 Å². The molecule has 1 amide bonds. The van der Waals surface area contributed by atoms with Crippen LogP contribution in [0.4, 0.5) is 10.1 Å². The van der Waals surface area contributed by atoms with Gasteiger partial charge in [0, 0.05) is 16.3 Å². The van der Waals surface area contributed by atoms with Gasteiger partial charge in [-0.3, -0.25) is 4.79 Å². The second-order valence-corrected chi connectivity index (χ2v) is 7.57. The molecule has 3 nitrogen and oxygen atoms in total. The molecule has 0 radical (unpaired) electrons. The van der Waals surface area contributed by atoms with Crippen LogP contribution in [0.2, 0.25) is 0 Å². The standard InChI is InChI=1S/C19H19FN2OS/c1-11-16(19(23)21-13-7-5-6-12(20)10-13)17-18(24-11)14-8-3-2-4-9-15(14)22-17/h5-7,10,22H,2-4,8-9H2,1H3,(H,21,23). The highest BCUT2D eigenvalue weighted by Crippen LogP contribution is 2.37. The average Bonchev–Trinajstić information content (AvgIpc) is 2.91. The van der Waals surface area contributed by atoms with Gasteiger partial charge in [-0.1, -0.05) is 12.5 Å². The maximum Gasteiger partial charge on any atom is 0.258 e. The molecule has 24 heavy (non-hydrogen) atoms. The summed E-state index contributed by atoms with van der Waals surface area (Å²) in [5.41, 5.74) is 4.78. The first kappa shape index (κ1) is 15.4. The molecule has 1 aromatic carbocycles. The number of aromatic amines is 1. The number of rotatable bonds is 2. The van der Waals surface area contributed by atoms with Crippen molar-refractivity contribution in [1.29, 1.82) is 0 Å². The first-order chi connectivity index (χ1) is 11.6. The van der Waals surface area contributed by atoms with Crippen LogP contribution >= 0.6 is 11.3 Å². The normalized spacial score (nSPS) is 14.4. The Morgan fingerprint density at radius 2 is 2.08 bits per heavy atom. The fraction of sp³-hybridized carbons (Fsp3) is 0.316. The second-order valence-electron chi connectivity index (χ2n) is 6.34. The predicted molar refractivity (Wildman–Crippen MR) is 96.5 cm³/mol. The van der Waals surface area contributed by atoms with E-state index in [2.05, 4.69) is 10.3 Å². The van der Waals surface area contributed by atoms with E-state index in [1.807, 2.05) is 6.92 Å². The summed E-state index contributed by atoms with van der Waals surface area (Å²) in [7, 11) is 0. The van der Waals surface area contributed by atoms with E-state index < -0.39 is 0 Å². The van der Waals surface area contributed by atoms with Crippen molar-refractivity contribution in [3.63, 3.8) is 0 Å².